The molecular formula is C29H30. The van der Waals surface area contributed by atoms with Gasteiger partial charge in [-0.2, -0.15) is 0 Å². The first-order valence-corrected chi connectivity index (χ1v) is 10.6. The van der Waals surface area contributed by atoms with E-state index in [1.165, 1.54) is 22.3 Å². The minimum atomic E-state index is -0.134. The predicted molar refractivity (Wildman–Crippen MR) is 124 cm³/mol. The topological polar surface area (TPSA) is 0 Å². The molecule has 0 aromatic heterocycles. The highest BCUT2D eigenvalue weighted by Gasteiger charge is 2.49. The van der Waals surface area contributed by atoms with Crippen LogP contribution >= 0.6 is 0 Å². The van der Waals surface area contributed by atoms with Crippen LogP contribution in [0.25, 0.3) is 0 Å². The summed E-state index contributed by atoms with van der Waals surface area (Å²) in [7, 11) is 0. The quantitative estimate of drug-likeness (QED) is 0.434. The SMILES string of the molecule is CC(C)(C)C(c1ccccc1)(c1ccccc1)C1C=CC(Cc2ccccc2)=C1. The van der Waals surface area contributed by atoms with E-state index in [1.54, 1.807) is 0 Å². The van der Waals surface area contributed by atoms with Gasteiger partial charge in [-0.15, -0.1) is 0 Å². The van der Waals surface area contributed by atoms with Crippen LogP contribution in [0.15, 0.2) is 115 Å². The van der Waals surface area contributed by atoms with Crippen LogP contribution in [0.1, 0.15) is 37.5 Å². The molecule has 0 heterocycles. The second kappa shape index (κ2) is 7.87. The van der Waals surface area contributed by atoms with Crippen LogP contribution in [-0.2, 0) is 11.8 Å². The molecule has 0 aliphatic heterocycles. The Morgan fingerprint density at radius 2 is 1.14 bits per heavy atom. The van der Waals surface area contributed by atoms with Crippen LogP contribution in [0.3, 0.4) is 0 Å². The average molecular weight is 379 g/mol. The van der Waals surface area contributed by atoms with Gasteiger partial charge >= 0.3 is 0 Å². The molecule has 0 saturated heterocycles. The van der Waals surface area contributed by atoms with Gasteiger partial charge in [0.05, 0.1) is 0 Å². The molecule has 0 bridgehead atoms. The first-order valence-electron chi connectivity index (χ1n) is 10.6. The number of hydrogen-bond donors (Lipinski definition) is 0. The van der Waals surface area contributed by atoms with E-state index < -0.39 is 0 Å². The molecule has 0 saturated carbocycles. The molecule has 0 nitrogen and oxygen atoms in total. The van der Waals surface area contributed by atoms with Gasteiger partial charge in [0.25, 0.3) is 0 Å². The number of hydrogen-bond acceptors (Lipinski definition) is 0. The van der Waals surface area contributed by atoms with E-state index in [9.17, 15) is 0 Å². The van der Waals surface area contributed by atoms with E-state index in [1.807, 2.05) is 0 Å². The lowest BCUT2D eigenvalue weighted by Crippen LogP contribution is -2.46. The first-order chi connectivity index (χ1) is 14.0. The Labute approximate surface area is 175 Å². The molecule has 29 heavy (non-hydrogen) atoms. The molecule has 0 amide bonds. The largest absolute Gasteiger partial charge is 0.0761 e. The third-order valence-corrected chi connectivity index (χ3v) is 6.30. The maximum atomic E-state index is 2.50. The molecule has 1 aliphatic carbocycles. The first kappa shape index (κ1) is 19.5. The smallest absolute Gasteiger partial charge is 0.0348 e. The van der Waals surface area contributed by atoms with Gasteiger partial charge in [-0.1, -0.05) is 130 Å². The molecule has 1 unspecified atom stereocenters. The molecule has 0 N–H and O–H groups in total. The molecule has 0 fully saturated rings. The predicted octanol–water partition coefficient (Wildman–Crippen LogP) is 7.37. The summed E-state index contributed by atoms with van der Waals surface area (Å²) in [4.78, 5) is 0. The normalized spacial score (nSPS) is 16.7. The molecule has 1 aliphatic rings. The van der Waals surface area contributed by atoms with E-state index in [2.05, 4.69) is 130 Å². The monoisotopic (exact) mass is 378 g/mol. The Bertz CT molecular complexity index is 947. The second-order valence-electron chi connectivity index (χ2n) is 9.08. The molecule has 1 atom stereocenters. The van der Waals surface area contributed by atoms with Crippen LogP contribution in [-0.4, -0.2) is 0 Å². The summed E-state index contributed by atoms with van der Waals surface area (Å²) >= 11 is 0. The van der Waals surface area contributed by atoms with Gasteiger partial charge in [-0.3, -0.25) is 0 Å². The molecule has 0 radical (unpaired) electrons. The van der Waals surface area contributed by atoms with E-state index in [0.29, 0.717) is 5.92 Å². The Hall–Kier alpha value is -2.86. The molecule has 0 spiro atoms. The van der Waals surface area contributed by atoms with Crippen molar-refractivity contribution < 1.29 is 0 Å². The van der Waals surface area contributed by atoms with Gasteiger partial charge in [0.1, 0.15) is 0 Å². The zero-order valence-electron chi connectivity index (χ0n) is 17.7. The molecule has 3 aromatic carbocycles. The van der Waals surface area contributed by atoms with E-state index >= 15 is 0 Å². The molecule has 4 rings (SSSR count). The summed E-state index contributed by atoms with van der Waals surface area (Å²) in [5.74, 6) is 0.311. The number of benzene rings is 3. The summed E-state index contributed by atoms with van der Waals surface area (Å²) < 4.78 is 0. The summed E-state index contributed by atoms with van der Waals surface area (Å²) in [6.07, 6.45) is 8.24. The summed E-state index contributed by atoms with van der Waals surface area (Å²) in [5, 5.41) is 0. The van der Waals surface area contributed by atoms with Crippen molar-refractivity contribution in [2.24, 2.45) is 11.3 Å². The van der Waals surface area contributed by atoms with Crippen LogP contribution in [0.5, 0.6) is 0 Å². The van der Waals surface area contributed by atoms with Crippen molar-refractivity contribution >= 4 is 0 Å². The van der Waals surface area contributed by atoms with Gasteiger partial charge in [-0.25, -0.2) is 0 Å². The van der Waals surface area contributed by atoms with E-state index in [0.717, 1.165) is 6.42 Å². The Balaban J connectivity index is 1.85. The second-order valence-corrected chi connectivity index (χ2v) is 9.08. The fourth-order valence-electron chi connectivity index (χ4n) is 5.11. The van der Waals surface area contributed by atoms with E-state index in [4.69, 9.17) is 0 Å². The summed E-state index contributed by atoms with van der Waals surface area (Å²) in [5.41, 5.74) is 5.43. The van der Waals surface area contributed by atoms with Crippen LogP contribution in [0.2, 0.25) is 0 Å². The van der Waals surface area contributed by atoms with Crippen molar-refractivity contribution in [1.82, 2.24) is 0 Å². The van der Waals surface area contributed by atoms with Crippen molar-refractivity contribution in [3.8, 4) is 0 Å². The zero-order valence-corrected chi connectivity index (χ0v) is 17.7. The zero-order chi connectivity index (χ0) is 20.3. The summed E-state index contributed by atoms with van der Waals surface area (Å²) in [6.45, 7) is 7.14. The molecule has 146 valence electrons. The van der Waals surface area contributed by atoms with Crippen LogP contribution in [0, 0.1) is 11.3 Å². The lowest BCUT2D eigenvalue weighted by molar-refractivity contribution is 0.195. The highest BCUT2D eigenvalue weighted by Crippen LogP contribution is 2.54. The van der Waals surface area contributed by atoms with Gasteiger partial charge < -0.3 is 0 Å². The Morgan fingerprint density at radius 1 is 0.655 bits per heavy atom. The standard InChI is InChI=1S/C29H30/c1-28(2,3)29(25-15-9-5-10-16-25,26-17-11-6-12-18-26)27-20-19-24(22-27)21-23-13-7-4-8-14-23/h4-20,22,27H,21H2,1-3H3. The van der Waals surface area contributed by atoms with Gasteiger partial charge in [0, 0.05) is 11.3 Å². The Morgan fingerprint density at radius 3 is 1.62 bits per heavy atom. The van der Waals surface area contributed by atoms with Crippen molar-refractivity contribution in [1.29, 1.82) is 0 Å². The minimum absolute atomic E-state index is 0.0312. The number of allylic oxidation sites excluding steroid dienone is 4. The lowest BCUT2D eigenvalue weighted by Gasteiger charge is -2.49. The fraction of sp³-hybridized carbons (Fsp3) is 0.241. The van der Waals surface area contributed by atoms with Crippen molar-refractivity contribution in [3.63, 3.8) is 0 Å². The van der Waals surface area contributed by atoms with Crippen molar-refractivity contribution in [2.75, 3.05) is 0 Å². The highest BCUT2D eigenvalue weighted by molar-refractivity contribution is 5.49. The molecule has 0 heteroatoms. The lowest BCUT2D eigenvalue weighted by atomic mass is 9.53. The van der Waals surface area contributed by atoms with Crippen molar-refractivity contribution in [3.05, 3.63) is 131 Å². The number of rotatable bonds is 5. The maximum absolute atomic E-state index is 2.50. The maximum Gasteiger partial charge on any atom is 0.0348 e. The fourth-order valence-corrected chi connectivity index (χ4v) is 5.11. The average Bonchev–Trinajstić information content (AvgIpc) is 3.18. The minimum Gasteiger partial charge on any atom is -0.0761 e. The van der Waals surface area contributed by atoms with E-state index in [-0.39, 0.29) is 10.8 Å². The molecule has 3 aromatic rings. The van der Waals surface area contributed by atoms with Crippen LogP contribution in [0.4, 0.5) is 0 Å². The third kappa shape index (κ3) is 3.60. The summed E-state index contributed by atoms with van der Waals surface area (Å²) in [6, 6.07) is 32.9. The Kier molecular flexibility index (Phi) is 5.28. The van der Waals surface area contributed by atoms with Crippen LogP contribution < -0.4 is 0 Å². The van der Waals surface area contributed by atoms with Gasteiger partial charge in [0.15, 0.2) is 0 Å². The third-order valence-electron chi connectivity index (χ3n) is 6.30. The van der Waals surface area contributed by atoms with Gasteiger partial charge in [0.2, 0.25) is 0 Å². The highest BCUT2D eigenvalue weighted by atomic mass is 14.5. The van der Waals surface area contributed by atoms with Gasteiger partial charge in [-0.05, 0) is 34.1 Å². The molecular weight excluding hydrogens is 348 g/mol. The van der Waals surface area contributed by atoms with Crippen molar-refractivity contribution in [2.45, 2.75) is 32.6 Å².